The first-order valence-corrected chi connectivity index (χ1v) is 21.5. The number of phenolic OH excluding ortho intramolecular Hbond substituents is 1. The minimum Gasteiger partial charge on any atom is -0.508 e. The van der Waals surface area contributed by atoms with Crippen LogP contribution in [0.2, 0.25) is 0 Å². The maximum atomic E-state index is 14.5. The van der Waals surface area contributed by atoms with Crippen molar-refractivity contribution in [2.75, 3.05) is 27.3 Å². The molecular weight excluding hydrogens is 799 g/mol. The van der Waals surface area contributed by atoms with Gasteiger partial charge in [-0.2, -0.15) is 0 Å². The minimum absolute atomic E-state index is 0.0547. The average Bonchev–Trinajstić information content (AvgIpc) is 3.78. The predicted molar refractivity (Wildman–Crippen MR) is 230 cm³/mol. The molecule has 2 aromatic carbocycles. The van der Waals surface area contributed by atoms with Gasteiger partial charge in [-0.25, -0.2) is 14.2 Å². The molecule has 3 amide bonds. The van der Waals surface area contributed by atoms with Crippen molar-refractivity contribution in [3.63, 3.8) is 0 Å². The zero-order valence-electron chi connectivity index (χ0n) is 36.8. The fourth-order valence-corrected chi connectivity index (χ4v) is 9.11. The molecule has 0 radical (unpaired) electrons. The first-order chi connectivity index (χ1) is 29.3. The molecule has 7 rings (SSSR count). The smallest absolute Gasteiger partial charge is 0.324 e. The minimum atomic E-state index is -3.12. The third-order valence-electron chi connectivity index (χ3n) is 12.5. The number of hydrogen-bond acceptors (Lipinski definition) is 9. The number of aryl methyl sites for hydroxylation is 1. The Bertz CT molecular complexity index is 2380. The van der Waals surface area contributed by atoms with E-state index in [9.17, 15) is 33.1 Å². The average molecular weight is 857 g/mol. The lowest BCUT2D eigenvalue weighted by Gasteiger charge is -2.36. The number of rotatable bonds is 9. The van der Waals surface area contributed by atoms with Gasteiger partial charge in [0.05, 0.1) is 24.1 Å². The van der Waals surface area contributed by atoms with E-state index in [1.807, 2.05) is 39.0 Å². The number of halogens is 2. The summed E-state index contributed by atoms with van der Waals surface area (Å²) in [4.78, 5) is 61.4. The van der Waals surface area contributed by atoms with E-state index in [0.717, 1.165) is 43.9 Å². The van der Waals surface area contributed by atoms with Crippen LogP contribution in [-0.4, -0.2) is 99.6 Å². The van der Waals surface area contributed by atoms with Crippen molar-refractivity contribution < 1.29 is 42.5 Å². The maximum absolute atomic E-state index is 14.5. The van der Waals surface area contributed by atoms with Crippen molar-refractivity contribution in [1.29, 1.82) is 0 Å². The fraction of sp³-hybridized carbons (Fsp3) is 0.511. The van der Waals surface area contributed by atoms with Gasteiger partial charge in [0, 0.05) is 68.2 Å². The predicted octanol–water partition coefficient (Wildman–Crippen LogP) is 6.59. The van der Waals surface area contributed by atoms with Crippen molar-refractivity contribution >= 4 is 34.6 Å². The number of nitrogens with one attached hydrogen (secondary N) is 2. The first-order valence-electron chi connectivity index (χ1n) is 21.5. The summed E-state index contributed by atoms with van der Waals surface area (Å²) in [5.74, 6) is -7.78. The molecule has 2 aliphatic heterocycles. The number of carbonyl (C=O) groups excluding carboxylic acids is 4. The first kappa shape index (κ1) is 44.6. The van der Waals surface area contributed by atoms with Gasteiger partial charge in [0.15, 0.2) is 0 Å². The second-order valence-corrected chi connectivity index (χ2v) is 18.2. The Balaban J connectivity index is 1.35. The molecule has 6 bridgehead atoms. The molecule has 1 saturated heterocycles. The molecule has 3 aliphatic rings. The number of likely N-dealkylation sites (N-methyl/N-ethyl adjacent to an activating group) is 1. The standard InChI is InChI=1S/C47H58F2N6O7/c1-9-54-38-15-14-29-22-33(38)34(41(54)32-12-10-16-50-39(32)27(4)61-8)23-46(5,6)25-62-45(60)36-13-11-17-55(52-36)44(59)37(20-28-18-30(29)21-31(56)19-28)51-42(57)40(26(2)3)53(7)43(58)35-24-47(35,48)49/h10,12,14-16,18-19,21-22,26-27,35-37,40,52,56H,9,11,13,17,20,23-25H2,1-8H3,(H,51,57)/t27-,35+,36-,37-,40-/m0/s1. The number of pyridine rings is 1. The van der Waals surface area contributed by atoms with E-state index >= 15 is 0 Å². The lowest BCUT2D eigenvalue weighted by Crippen LogP contribution is -2.62. The van der Waals surface area contributed by atoms with Gasteiger partial charge in [0.1, 0.15) is 29.8 Å². The van der Waals surface area contributed by atoms with Crippen LogP contribution in [0, 0.1) is 17.3 Å². The van der Waals surface area contributed by atoms with Crippen LogP contribution in [0.5, 0.6) is 5.75 Å². The number of benzene rings is 2. The van der Waals surface area contributed by atoms with Crippen LogP contribution >= 0.6 is 0 Å². The zero-order chi connectivity index (χ0) is 44.8. The van der Waals surface area contributed by atoms with Crippen molar-refractivity contribution in [2.24, 2.45) is 17.3 Å². The summed E-state index contributed by atoms with van der Waals surface area (Å²) >= 11 is 0. The largest absolute Gasteiger partial charge is 0.508 e. The normalized spacial score (nSPS) is 22.1. The third-order valence-corrected chi connectivity index (χ3v) is 12.5. The molecule has 332 valence electrons. The third kappa shape index (κ3) is 8.92. The van der Waals surface area contributed by atoms with E-state index in [1.54, 1.807) is 33.2 Å². The molecule has 2 aromatic heterocycles. The Kier molecular flexibility index (Phi) is 12.5. The molecular formula is C47H58F2N6O7. The van der Waals surface area contributed by atoms with Gasteiger partial charge in [-0.1, -0.05) is 39.8 Å². The van der Waals surface area contributed by atoms with Crippen LogP contribution in [0.15, 0.2) is 54.7 Å². The second kappa shape index (κ2) is 17.4. The van der Waals surface area contributed by atoms with E-state index in [1.165, 1.54) is 18.1 Å². The Morgan fingerprint density at radius 2 is 1.85 bits per heavy atom. The van der Waals surface area contributed by atoms with Gasteiger partial charge in [0.2, 0.25) is 11.8 Å². The highest BCUT2D eigenvalue weighted by atomic mass is 19.3. The number of alkyl halides is 2. The molecule has 4 aromatic rings. The van der Waals surface area contributed by atoms with Crippen LogP contribution in [0.3, 0.4) is 0 Å². The summed E-state index contributed by atoms with van der Waals surface area (Å²) in [7, 11) is 2.98. The number of esters is 1. The number of methoxy groups -OCH3 is 1. The van der Waals surface area contributed by atoms with E-state index in [0.29, 0.717) is 36.9 Å². The number of cyclic esters (lactones) is 1. The number of fused-ring (bicyclic) bond motifs is 6. The van der Waals surface area contributed by atoms with Crippen LogP contribution in [-0.2, 0) is 48.0 Å². The van der Waals surface area contributed by atoms with E-state index in [-0.39, 0.29) is 31.4 Å². The molecule has 0 spiro atoms. The van der Waals surface area contributed by atoms with Crippen LogP contribution < -0.4 is 10.7 Å². The summed E-state index contributed by atoms with van der Waals surface area (Å²) in [6.07, 6.45) is 2.19. The Morgan fingerprint density at radius 1 is 1.11 bits per heavy atom. The molecule has 1 aliphatic carbocycles. The van der Waals surface area contributed by atoms with Crippen LogP contribution in [0.25, 0.3) is 33.3 Å². The maximum Gasteiger partial charge on any atom is 0.324 e. The number of phenols is 1. The number of carbonyl (C=O) groups is 4. The second-order valence-electron chi connectivity index (χ2n) is 18.2. The number of amides is 3. The summed E-state index contributed by atoms with van der Waals surface area (Å²) in [6, 6.07) is 11.9. The van der Waals surface area contributed by atoms with Crippen LogP contribution in [0.1, 0.15) is 83.7 Å². The molecule has 2 fully saturated rings. The lowest BCUT2D eigenvalue weighted by molar-refractivity contribution is -0.155. The van der Waals surface area contributed by atoms with Crippen molar-refractivity contribution in [3.05, 3.63) is 71.5 Å². The van der Waals surface area contributed by atoms with E-state index in [2.05, 4.69) is 40.4 Å². The van der Waals surface area contributed by atoms with Gasteiger partial charge in [-0.15, -0.1) is 0 Å². The summed E-state index contributed by atoms with van der Waals surface area (Å²) in [6.45, 7) is 12.5. The molecule has 5 atom stereocenters. The van der Waals surface area contributed by atoms with Gasteiger partial charge < -0.3 is 29.4 Å². The van der Waals surface area contributed by atoms with E-state index in [4.69, 9.17) is 14.5 Å². The molecule has 0 unspecified atom stereocenters. The number of hydrogen-bond donors (Lipinski definition) is 3. The van der Waals surface area contributed by atoms with Gasteiger partial charge in [0.25, 0.3) is 11.8 Å². The van der Waals surface area contributed by atoms with Crippen LogP contribution in [0.4, 0.5) is 8.78 Å². The molecule has 1 saturated carbocycles. The number of hydrazine groups is 1. The molecule has 4 heterocycles. The van der Waals surface area contributed by atoms with Crippen molar-refractivity contribution in [3.8, 4) is 28.1 Å². The fourth-order valence-electron chi connectivity index (χ4n) is 9.11. The summed E-state index contributed by atoms with van der Waals surface area (Å²) in [5.41, 5.74) is 9.20. The summed E-state index contributed by atoms with van der Waals surface area (Å²) < 4.78 is 42.1. The van der Waals surface area contributed by atoms with E-state index < -0.39 is 71.4 Å². The topological polar surface area (TPSA) is 155 Å². The SMILES string of the molecule is CCn1c(-c2cccnc2[C@H](C)OC)c2c3cc(ccc31)-c1cc(O)cc(c1)C[C@H](NC(=O)[C@H](C(C)C)N(C)C(=O)[C@H]1CC1(F)F)C(=O)N1CCC[C@H](N1)C(=O)OCC(C)(C)C2. The van der Waals surface area contributed by atoms with Gasteiger partial charge >= 0.3 is 5.97 Å². The Morgan fingerprint density at radius 3 is 2.53 bits per heavy atom. The molecule has 3 N–H and O–H groups in total. The monoisotopic (exact) mass is 856 g/mol. The zero-order valence-corrected chi connectivity index (χ0v) is 36.8. The van der Waals surface area contributed by atoms with Crippen molar-refractivity contribution in [2.45, 2.75) is 110 Å². The number of aromatic nitrogens is 2. The highest BCUT2D eigenvalue weighted by molar-refractivity contribution is 5.96. The summed E-state index contributed by atoms with van der Waals surface area (Å²) in [5, 5.41) is 16.3. The highest BCUT2D eigenvalue weighted by Gasteiger charge is 2.62. The Hall–Kier alpha value is -5.41. The van der Waals surface area contributed by atoms with Gasteiger partial charge in [-0.3, -0.25) is 29.2 Å². The number of aromatic hydroxyl groups is 1. The van der Waals surface area contributed by atoms with Gasteiger partial charge in [-0.05, 0) is 97.7 Å². The number of ether oxygens (including phenoxy) is 2. The number of nitrogens with zero attached hydrogens (tertiary/aromatic N) is 4. The highest BCUT2D eigenvalue weighted by Crippen LogP contribution is 2.50. The quantitative estimate of drug-likeness (QED) is 0.158. The molecule has 15 heteroatoms. The lowest BCUT2D eigenvalue weighted by atomic mass is 9.84. The molecule has 13 nitrogen and oxygen atoms in total. The van der Waals surface area contributed by atoms with Crippen molar-refractivity contribution in [1.82, 2.24) is 30.2 Å². The molecule has 62 heavy (non-hydrogen) atoms. The Labute approximate surface area is 361 Å².